The fraction of sp³-hybridized carbons (Fsp3) is 0.788. The Kier molecular flexibility index (Phi) is 10.9. The average molecular weight is 679 g/mol. The molecular formula is C33H54N6O7S. The molecule has 0 aromatic heterocycles. The van der Waals surface area contributed by atoms with Crippen molar-refractivity contribution in [1.29, 1.82) is 0 Å². The quantitative estimate of drug-likeness (QED) is 0.159. The van der Waals surface area contributed by atoms with E-state index in [0.717, 1.165) is 12.8 Å². The smallest absolute Gasteiger partial charge is 0.315 e. The standard InChI is InChI=1S/C33H54N6O7S/c1-9-13-34-29(42)26(40)22(16-20-11-12-20)35-28(41)25-24-21(33(24,7)8)17-39(25)30(43)27(32(4,5)6)37-31(44)36-23(19(2)3)18-38-14-10-15-47(38,45)46/h9,19-25,27H,1,10-18H2,2-8H3,(H,34,42)(H,35,41)(H2,36,37,44)/t21-,22?,23+,24-,25-,27+/m0/s1. The van der Waals surface area contributed by atoms with E-state index < -0.39 is 69.1 Å². The zero-order valence-electron chi connectivity index (χ0n) is 28.9. The van der Waals surface area contributed by atoms with Crippen LogP contribution in [0.4, 0.5) is 4.79 Å². The number of hydrogen-bond acceptors (Lipinski definition) is 7. The molecule has 4 N–H and O–H groups in total. The number of carbonyl (C=O) groups is 5. The number of nitrogens with one attached hydrogen (secondary N) is 4. The van der Waals surface area contributed by atoms with E-state index in [0.29, 0.717) is 25.9 Å². The summed E-state index contributed by atoms with van der Waals surface area (Å²) in [6, 6.07) is -3.96. The number of amides is 5. The van der Waals surface area contributed by atoms with Crippen molar-refractivity contribution in [2.24, 2.45) is 34.5 Å². The fourth-order valence-corrected chi connectivity index (χ4v) is 8.64. The first-order chi connectivity index (χ1) is 21.8. The summed E-state index contributed by atoms with van der Waals surface area (Å²) < 4.78 is 26.2. The lowest BCUT2D eigenvalue weighted by molar-refractivity contribution is -0.145. The molecule has 6 atom stereocenters. The van der Waals surface area contributed by atoms with E-state index in [9.17, 15) is 32.4 Å². The van der Waals surface area contributed by atoms with Gasteiger partial charge in [-0.1, -0.05) is 67.4 Å². The lowest BCUT2D eigenvalue weighted by Gasteiger charge is -2.38. The molecule has 5 amide bonds. The van der Waals surface area contributed by atoms with E-state index in [2.05, 4.69) is 41.7 Å². The van der Waals surface area contributed by atoms with Gasteiger partial charge in [0.05, 0.1) is 11.8 Å². The maximum Gasteiger partial charge on any atom is 0.315 e. The summed E-state index contributed by atoms with van der Waals surface area (Å²) in [7, 11) is -3.36. The van der Waals surface area contributed by atoms with Crippen LogP contribution in [-0.4, -0.2) is 103 Å². The number of fused-ring (bicyclic) bond motifs is 1. The average Bonchev–Trinajstić information content (AvgIpc) is 3.77. The Morgan fingerprint density at radius 3 is 2.23 bits per heavy atom. The number of nitrogens with zero attached hydrogens (tertiary/aromatic N) is 2. The molecule has 0 bridgehead atoms. The van der Waals surface area contributed by atoms with Crippen molar-refractivity contribution in [1.82, 2.24) is 30.5 Å². The second kappa shape index (κ2) is 13.9. The molecule has 4 fully saturated rings. The molecule has 14 heteroatoms. The van der Waals surface area contributed by atoms with Gasteiger partial charge in [0.25, 0.3) is 5.91 Å². The summed E-state index contributed by atoms with van der Waals surface area (Å²) in [6.07, 6.45) is 4.21. The van der Waals surface area contributed by atoms with E-state index in [4.69, 9.17) is 0 Å². The van der Waals surface area contributed by atoms with Crippen molar-refractivity contribution in [3.63, 3.8) is 0 Å². The van der Waals surface area contributed by atoms with Crippen molar-refractivity contribution >= 4 is 39.6 Å². The molecular weight excluding hydrogens is 624 g/mol. The maximum absolute atomic E-state index is 14.3. The number of hydrogen-bond donors (Lipinski definition) is 4. The fourth-order valence-electron chi connectivity index (χ4n) is 7.09. The molecule has 2 saturated heterocycles. The van der Waals surface area contributed by atoms with Crippen LogP contribution in [0.2, 0.25) is 0 Å². The highest BCUT2D eigenvalue weighted by molar-refractivity contribution is 7.89. The minimum Gasteiger partial charge on any atom is -0.346 e. The topological polar surface area (TPSA) is 174 Å². The summed E-state index contributed by atoms with van der Waals surface area (Å²) >= 11 is 0. The van der Waals surface area contributed by atoms with E-state index in [-0.39, 0.29) is 47.9 Å². The minimum absolute atomic E-state index is 0.0675. The Morgan fingerprint density at radius 2 is 1.70 bits per heavy atom. The van der Waals surface area contributed by atoms with E-state index >= 15 is 0 Å². The zero-order chi connectivity index (χ0) is 35.1. The monoisotopic (exact) mass is 678 g/mol. The van der Waals surface area contributed by atoms with Gasteiger partial charge in [0.2, 0.25) is 27.6 Å². The van der Waals surface area contributed by atoms with E-state index in [1.807, 2.05) is 34.6 Å². The van der Waals surface area contributed by atoms with Crippen LogP contribution in [0.25, 0.3) is 0 Å². The van der Waals surface area contributed by atoms with Crippen LogP contribution in [0.15, 0.2) is 12.7 Å². The van der Waals surface area contributed by atoms with Gasteiger partial charge in [-0.2, -0.15) is 4.31 Å². The summed E-state index contributed by atoms with van der Waals surface area (Å²) in [5.74, 6) is -2.21. The van der Waals surface area contributed by atoms with Gasteiger partial charge < -0.3 is 26.2 Å². The van der Waals surface area contributed by atoms with Crippen molar-refractivity contribution < 1.29 is 32.4 Å². The van der Waals surface area contributed by atoms with Crippen LogP contribution < -0.4 is 21.3 Å². The lowest BCUT2D eigenvalue weighted by Crippen LogP contribution is -2.62. The third-order valence-corrected chi connectivity index (χ3v) is 12.3. The second-order valence-corrected chi connectivity index (χ2v) is 17.9. The molecule has 0 spiro atoms. The summed E-state index contributed by atoms with van der Waals surface area (Å²) in [5, 5.41) is 11.1. The summed E-state index contributed by atoms with van der Waals surface area (Å²) in [4.78, 5) is 68.9. The normalized spacial score (nSPS) is 26.5. The van der Waals surface area contributed by atoms with Crippen LogP contribution >= 0.6 is 0 Å². The number of rotatable bonds is 14. The minimum atomic E-state index is -3.36. The SMILES string of the molecule is C=CCNC(=O)C(=O)C(CC1CC1)NC(=O)[C@@H]1[C@@H]2[C@H](CN1C(=O)[C@@H](NC(=O)N[C@H](CN1CCCS1(=O)=O)C(C)C)C(C)(C)C)C2(C)C. The predicted molar refractivity (Wildman–Crippen MR) is 177 cm³/mol. The molecule has 4 rings (SSSR count). The van der Waals surface area contributed by atoms with Crippen LogP contribution in [0.3, 0.4) is 0 Å². The van der Waals surface area contributed by atoms with Crippen LogP contribution in [0, 0.1) is 34.5 Å². The third kappa shape index (κ3) is 8.36. The molecule has 47 heavy (non-hydrogen) atoms. The summed E-state index contributed by atoms with van der Waals surface area (Å²) in [6.45, 7) is 17.9. The Bertz CT molecular complexity index is 1370. The van der Waals surface area contributed by atoms with E-state index in [1.165, 1.54) is 15.3 Å². The Balaban J connectivity index is 1.50. The van der Waals surface area contributed by atoms with Gasteiger partial charge in [-0.25, -0.2) is 13.2 Å². The van der Waals surface area contributed by atoms with Gasteiger partial charge in [0.15, 0.2) is 0 Å². The van der Waals surface area contributed by atoms with Crippen molar-refractivity contribution in [2.75, 3.05) is 31.9 Å². The van der Waals surface area contributed by atoms with Gasteiger partial charge in [0, 0.05) is 32.2 Å². The van der Waals surface area contributed by atoms with Crippen LogP contribution in [0.5, 0.6) is 0 Å². The third-order valence-electron chi connectivity index (χ3n) is 10.4. The second-order valence-electron chi connectivity index (χ2n) is 15.8. The maximum atomic E-state index is 14.3. The molecule has 0 aromatic rings. The number of carbonyl (C=O) groups excluding carboxylic acids is 5. The molecule has 2 aliphatic heterocycles. The van der Waals surface area contributed by atoms with Gasteiger partial charge in [0.1, 0.15) is 12.1 Å². The molecule has 264 valence electrons. The largest absolute Gasteiger partial charge is 0.346 e. The molecule has 4 aliphatic rings. The highest BCUT2D eigenvalue weighted by Crippen LogP contribution is 2.65. The molecule has 1 unspecified atom stereocenters. The van der Waals surface area contributed by atoms with Crippen LogP contribution in [-0.2, 0) is 29.2 Å². The van der Waals surface area contributed by atoms with Gasteiger partial charge in [-0.3, -0.25) is 19.2 Å². The van der Waals surface area contributed by atoms with Crippen LogP contribution in [0.1, 0.15) is 74.1 Å². The zero-order valence-corrected chi connectivity index (χ0v) is 29.7. The molecule has 2 heterocycles. The van der Waals surface area contributed by atoms with E-state index in [1.54, 1.807) is 0 Å². The number of likely N-dealkylation sites (tertiary alicyclic amines) is 1. The van der Waals surface area contributed by atoms with Crippen molar-refractivity contribution in [3.05, 3.63) is 12.7 Å². The Hall–Kier alpha value is -3.00. The number of sulfonamides is 1. The predicted octanol–water partition coefficient (Wildman–Crippen LogP) is 1.40. The first kappa shape index (κ1) is 36.8. The molecule has 2 saturated carbocycles. The van der Waals surface area contributed by atoms with Crippen molar-refractivity contribution in [2.45, 2.75) is 98.3 Å². The number of Topliss-reactive ketones (excluding diaryl/α,β-unsaturated/α-hetero) is 1. The van der Waals surface area contributed by atoms with Crippen molar-refractivity contribution in [3.8, 4) is 0 Å². The highest BCUT2D eigenvalue weighted by Gasteiger charge is 2.70. The summed E-state index contributed by atoms with van der Waals surface area (Å²) in [5.41, 5.74) is -0.935. The number of piperidine rings is 1. The molecule has 2 aliphatic carbocycles. The first-order valence-corrected chi connectivity index (χ1v) is 18.5. The molecule has 0 aromatic carbocycles. The molecule has 13 nitrogen and oxygen atoms in total. The first-order valence-electron chi connectivity index (χ1n) is 16.9. The number of ketones is 1. The Labute approximate surface area is 279 Å². The van der Waals surface area contributed by atoms with Gasteiger partial charge >= 0.3 is 6.03 Å². The van der Waals surface area contributed by atoms with Gasteiger partial charge in [-0.05, 0) is 47.3 Å². The highest BCUT2D eigenvalue weighted by atomic mass is 32.2. The van der Waals surface area contributed by atoms with Gasteiger partial charge in [-0.15, -0.1) is 6.58 Å². The molecule has 0 radical (unpaired) electrons. The lowest BCUT2D eigenvalue weighted by atomic mass is 9.85. The number of urea groups is 1. The Morgan fingerprint density at radius 1 is 1.04 bits per heavy atom.